The van der Waals surface area contributed by atoms with E-state index in [0.29, 0.717) is 12.3 Å². The van der Waals surface area contributed by atoms with E-state index in [1.165, 1.54) is 11.1 Å². The first-order chi connectivity index (χ1) is 16.0. The molecule has 0 saturated carbocycles. The van der Waals surface area contributed by atoms with Crippen LogP contribution in [0.5, 0.6) is 0 Å². The van der Waals surface area contributed by atoms with Crippen LogP contribution in [0.25, 0.3) is 0 Å². The molecule has 1 N–H and O–H groups in total. The van der Waals surface area contributed by atoms with Crippen LogP contribution in [0.1, 0.15) is 42.7 Å². The predicted molar refractivity (Wildman–Crippen MR) is 130 cm³/mol. The van der Waals surface area contributed by atoms with Crippen LogP contribution in [-0.4, -0.2) is 73.0 Å². The van der Waals surface area contributed by atoms with Gasteiger partial charge in [0.05, 0.1) is 0 Å². The molecule has 5 rings (SSSR count). The number of amides is 3. The number of nitrogens with one attached hydrogen (secondary N) is 1. The molecular formula is C27H34N4O2. The highest BCUT2D eigenvalue weighted by Gasteiger charge is 2.46. The summed E-state index contributed by atoms with van der Waals surface area (Å²) in [6.07, 6.45) is 3.51. The summed E-state index contributed by atoms with van der Waals surface area (Å²) in [6, 6.07) is 18.3. The third kappa shape index (κ3) is 4.49. The van der Waals surface area contributed by atoms with Crippen molar-refractivity contribution >= 4 is 17.6 Å². The Hall–Kier alpha value is -2.86. The zero-order valence-corrected chi connectivity index (χ0v) is 19.5. The fourth-order valence-corrected chi connectivity index (χ4v) is 5.94. The topological polar surface area (TPSA) is 55.9 Å². The fourth-order valence-electron chi connectivity index (χ4n) is 5.94. The Bertz CT molecular complexity index is 992. The lowest BCUT2D eigenvalue weighted by Gasteiger charge is -2.40. The number of hydrogen-bond acceptors (Lipinski definition) is 3. The summed E-state index contributed by atoms with van der Waals surface area (Å²) >= 11 is 0. The minimum absolute atomic E-state index is 0.0240. The minimum atomic E-state index is -0.0240. The van der Waals surface area contributed by atoms with E-state index in [0.717, 1.165) is 64.2 Å². The lowest BCUT2D eigenvalue weighted by Crippen LogP contribution is -2.47. The molecule has 6 nitrogen and oxygen atoms in total. The highest BCUT2D eigenvalue weighted by Crippen LogP contribution is 2.52. The molecule has 1 aliphatic carbocycles. The zero-order valence-electron chi connectivity index (χ0n) is 19.5. The molecule has 2 saturated heterocycles. The SMILES string of the molecule is CN1CCN(C(=O)C[C@H]2CC3(CCN(C(=O)Nc4ccccc4)CC3)c3ccccc32)CC1. The van der Waals surface area contributed by atoms with E-state index in [1.54, 1.807) is 0 Å². The number of benzene rings is 2. The molecule has 6 heteroatoms. The standard InChI is InChI=1S/C27H34N4O2/c1-29-15-17-30(18-16-29)25(32)19-21-20-27(24-10-6-5-9-23(21)24)11-13-31(14-12-27)26(33)28-22-7-3-2-4-8-22/h2-10,21H,11-20H2,1H3,(H,28,33)/t21-/m0/s1. The van der Waals surface area contributed by atoms with Gasteiger partial charge in [-0.1, -0.05) is 42.5 Å². The maximum atomic E-state index is 13.1. The van der Waals surface area contributed by atoms with Gasteiger partial charge in [-0.2, -0.15) is 0 Å². The highest BCUT2D eigenvalue weighted by atomic mass is 16.2. The van der Waals surface area contributed by atoms with Crippen LogP contribution in [0, 0.1) is 0 Å². The predicted octanol–water partition coefficient (Wildman–Crippen LogP) is 3.90. The van der Waals surface area contributed by atoms with Gasteiger partial charge in [0, 0.05) is 51.4 Å². The number of carbonyl (C=O) groups is 2. The molecule has 2 aliphatic heterocycles. The highest BCUT2D eigenvalue weighted by molar-refractivity contribution is 5.89. The molecule has 0 unspecified atom stereocenters. The molecule has 2 fully saturated rings. The lowest BCUT2D eigenvalue weighted by molar-refractivity contribution is -0.133. The van der Waals surface area contributed by atoms with Crippen LogP contribution in [0.4, 0.5) is 10.5 Å². The third-order valence-electron chi connectivity index (χ3n) is 7.92. The van der Waals surface area contributed by atoms with Crippen molar-refractivity contribution in [2.75, 3.05) is 51.6 Å². The van der Waals surface area contributed by atoms with Crippen molar-refractivity contribution in [2.24, 2.45) is 0 Å². The smallest absolute Gasteiger partial charge is 0.321 e. The molecule has 3 amide bonds. The van der Waals surface area contributed by atoms with E-state index in [4.69, 9.17) is 0 Å². The quantitative estimate of drug-likeness (QED) is 0.778. The number of urea groups is 1. The minimum Gasteiger partial charge on any atom is -0.340 e. The average Bonchev–Trinajstić information content (AvgIpc) is 3.13. The van der Waals surface area contributed by atoms with Gasteiger partial charge in [0.15, 0.2) is 0 Å². The van der Waals surface area contributed by atoms with Crippen molar-refractivity contribution in [2.45, 2.75) is 37.0 Å². The first kappa shape index (κ1) is 22.0. The molecule has 0 radical (unpaired) electrons. The van der Waals surface area contributed by atoms with Crippen LogP contribution in [-0.2, 0) is 10.2 Å². The Morgan fingerprint density at radius 2 is 1.55 bits per heavy atom. The van der Waals surface area contributed by atoms with Gasteiger partial charge in [-0.25, -0.2) is 4.79 Å². The first-order valence-electron chi connectivity index (χ1n) is 12.2. The molecule has 1 spiro atoms. The van der Waals surface area contributed by atoms with Crippen molar-refractivity contribution in [1.82, 2.24) is 14.7 Å². The van der Waals surface area contributed by atoms with Crippen molar-refractivity contribution in [3.63, 3.8) is 0 Å². The van der Waals surface area contributed by atoms with Crippen molar-refractivity contribution in [3.8, 4) is 0 Å². The maximum absolute atomic E-state index is 13.1. The summed E-state index contributed by atoms with van der Waals surface area (Å²) in [5, 5.41) is 3.02. The van der Waals surface area contributed by atoms with E-state index in [9.17, 15) is 9.59 Å². The van der Waals surface area contributed by atoms with E-state index in [-0.39, 0.29) is 17.4 Å². The molecule has 33 heavy (non-hydrogen) atoms. The lowest BCUT2D eigenvalue weighted by atomic mass is 9.73. The van der Waals surface area contributed by atoms with Gasteiger partial charge in [-0.3, -0.25) is 4.79 Å². The Morgan fingerprint density at radius 1 is 0.879 bits per heavy atom. The van der Waals surface area contributed by atoms with Gasteiger partial charge in [0.1, 0.15) is 0 Å². The molecule has 2 heterocycles. The van der Waals surface area contributed by atoms with Gasteiger partial charge in [0.2, 0.25) is 5.91 Å². The van der Waals surface area contributed by atoms with Crippen molar-refractivity contribution < 1.29 is 9.59 Å². The number of anilines is 1. The van der Waals surface area contributed by atoms with Crippen LogP contribution >= 0.6 is 0 Å². The molecule has 2 aromatic carbocycles. The van der Waals surface area contributed by atoms with E-state index in [1.807, 2.05) is 40.1 Å². The van der Waals surface area contributed by atoms with Gasteiger partial charge >= 0.3 is 6.03 Å². The van der Waals surface area contributed by atoms with Crippen LogP contribution in [0.2, 0.25) is 0 Å². The number of likely N-dealkylation sites (tertiary alicyclic amines) is 1. The number of rotatable bonds is 3. The summed E-state index contributed by atoms with van der Waals surface area (Å²) in [5.74, 6) is 0.567. The summed E-state index contributed by atoms with van der Waals surface area (Å²) in [7, 11) is 2.12. The second-order valence-electron chi connectivity index (χ2n) is 9.94. The Kier molecular flexibility index (Phi) is 6.11. The van der Waals surface area contributed by atoms with Crippen LogP contribution < -0.4 is 5.32 Å². The van der Waals surface area contributed by atoms with Crippen LogP contribution in [0.3, 0.4) is 0 Å². The average molecular weight is 447 g/mol. The number of piperidine rings is 1. The van der Waals surface area contributed by atoms with Crippen molar-refractivity contribution in [1.29, 1.82) is 0 Å². The number of hydrogen-bond donors (Lipinski definition) is 1. The molecule has 0 bridgehead atoms. The molecule has 1 atom stereocenters. The van der Waals surface area contributed by atoms with E-state index in [2.05, 4.69) is 41.5 Å². The van der Waals surface area contributed by atoms with Gasteiger partial charge in [0.25, 0.3) is 0 Å². The molecule has 0 aromatic heterocycles. The Labute approximate surface area is 196 Å². The van der Waals surface area contributed by atoms with Crippen molar-refractivity contribution in [3.05, 3.63) is 65.7 Å². The van der Waals surface area contributed by atoms with Gasteiger partial charge in [-0.05, 0) is 60.9 Å². The van der Waals surface area contributed by atoms with Gasteiger partial charge < -0.3 is 20.0 Å². The largest absolute Gasteiger partial charge is 0.340 e. The molecule has 174 valence electrons. The monoisotopic (exact) mass is 446 g/mol. The van der Waals surface area contributed by atoms with E-state index >= 15 is 0 Å². The van der Waals surface area contributed by atoms with Crippen LogP contribution in [0.15, 0.2) is 54.6 Å². The Balaban J connectivity index is 1.25. The third-order valence-corrected chi connectivity index (χ3v) is 7.92. The van der Waals surface area contributed by atoms with Gasteiger partial charge in [-0.15, -0.1) is 0 Å². The number of fused-ring (bicyclic) bond motifs is 2. The zero-order chi connectivity index (χ0) is 22.8. The molecule has 2 aromatic rings. The maximum Gasteiger partial charge on any atom is 0.321 e. The first-order valence-corrected chi connectivity index (χ1v) is 12.2. The van der Waals surface area contributed by atoms with E-state index < -0.39 is 0 Å². The summed E-state index contributed by atoms with van der Waals surface area (Å²) < 4.78 is 0. The number of likely N-dealkylation sites (N-methyl/N-ethyl adjacent to an activating group) is 1. The second kappa shape index (κ2) is 9.18. The fraction of sp³-hybridized carbons (Fsp3) is 0.481. The summed E-state index contributed by atoms with van der Waals surface area (Å²) in [5.41, 5.74) is 3.66. The number of nitrogens with zero attached hydrogens (tertiary/aromatic N) is 3. The summed E-state index contributed by atoms with van der Waals surface area (Å²) in [6.45, 7) is 5.06. The number of carbonyl (C=O) groups excluding carboxylic acids is 2. The number of piperazine rings is 1. The summed E-state index contributed by atoms with van der Waals surface area (Å²) in [4.78, 5) is 32.2. The second-order valence-corrected chi connectivity index (χ2v) is 9.94. The normalized spacial score (nSPS) is 22.3. The molecular weight excluding hydrogens is 412 g/mol. The Morgan fingerprint density at radius 3 is 2.27 bits per heavy atom. The number of para-hydroxylation sites is 1. The molecule has 3 aliphatic rings.